The molecule has 4 nitrogen and oxygen atoms in total. The third-order valence-corrected chi connectivity index (χ3v) is 2.54. The quantitative estimate of drug-likeness (QED) is 0.426. The maximum Gasteiger partial charge on any atom is 0.330 e. The van der Waals surface area contributed by atoms with Gasteiger partial charge in [0.25, 0.3) is 0 Å². The fraction of sp³-hybridized carbons (Fsp3) is 0.818. The van der Waals surface area contributed by atoms with E-state index in [4.69, 9.17) is 4.74 Å². The van der Waals surface area contributed by atoms with Crippen LogP contribution in [0.2, 0.25) is 0 Å². The lowest BCUT2D eigenvalue weighted by molar-refractivity contribution is -0.161. The van der Waals surface area contributed by atoms with Crippen molar-refractivity contribution in [3.8, 4) is 0 Å². The van der Waals surface area contributed by atoms with Gasteiger partial charge in [-0.25, -0.2) is 4.79 Å². The summed E-state index contributed by atoms with van der Waals surface area (Å²) in [5, 5.41) is 3.00. The highest BCUT2D eigenvalue weighted by molar-refractivity contribution is 5.88. The number of rotatable bonds is 5. The van der Waals surface area contributed by atoms with Gasteiger partial charge in [-0.05, 0) is 25.8 Å². The minimum absolute atomic E-state index is 0.264. The van der Waals surface area contributed by atoms with Gasteiger partial charge < -0.3 is 10.1 Å². The van der Waals surface area contributed by atoms with Crippen LogP contribution in [0.15, 0.2) is 0 Å². The van der Waals surface area contributed by atoms with Gasteiger partial charge in [-0.2, -0.15) is 0 Å². The van der Waals surface area contributed by atoms with Crippen LogP contribution >= 0.6 is 0 Å². The molecule has 86 valence electrons. The second-order valence-electron chi connectivity index (χ2n) is 3.90. The van der Waals surface area contributed by atoms with Gasteiger partial charge in [-0.1, -0.05) is 19.8 Å². The molecule has 1 N–H and O–H groups in total. The van der Waals surface area contributed by atoms with Crippen molar-refractivity contribution < 1.29 is 14.3 Å². The molecule has 0 aromatic heterocycles. The standard InChI is InChI=1S/C11H19NO3/c1-2-3-4-7-10(13)15-11(14)9-6-5-8-12-9/h9,12H,2-8H2,1H3/t9-/m0/s1. The Morgan fingerprint density at radius 1 is 1.40 bits per heavy atom. The number of unbranched alkanes of at least 4 members (excludes halogenated alkanes) is 2. The topological polar surface area (TPSA) is 55.4 Å². The van der Waals surface area contributed by atoms with Crippen LogP contribution in [0.3, 0.4) is 0 Å². The molecule has 1 atom stereocenters. The van der Waals surface area contributed by atoms with Crippen molar-refractivity contribution in [3.05, 3.63) is 0 Å². The van der Waals surface area contributed by atoms with Crippen LogP contribution in [-0.4, -0.2) is 24.5 Å². The Morgan fingerprint density at radius 2 is 2.20 bits per heavy atom. The Kier molecular flexibility index (Phi) is 5.32. The molecule has 1 fully saturated rings. The van der Waals surface area contributed by atoms with Crippen molar-refractivity contribution in [1.29, 1.82) is 0 Å². The largest absolute Gasteiger partial charge is 0.392 e. The number of ether oxygens (including phenoxy) is 1. The lowest BCUT2D eigenvalue weighted by Crippen LogP contribution is -2.33. The molecule has 0 unspecified atom stereocenters. The summed E-state index contributed by atoms with van der Waals surface area (Å²) in [5.41, 5.74) is 0. The summed E-state index contributed by atoms with van der Waals surface area (Å²) in [7, 11) is 0. The van der Waals surface area contributed by atoms with E-state index in [1.165, 1.54) is 0 Å². The Balaban J connectivity index is 2.16. The molecule has 1 aliphatic rings. The average Bonchev–Trinajstić information content (AvgIpc) is 2.70. The number of hydrogen-bond donors (Lipinski definition) is 1. The van der Waals surface area contributed by atoms with E-state index in [1.807, 2.05) is 0 Å². The number of esters is 2. The van der Waals surface area contributed by atoms with Gasteiger partial charge in [-0.15, -0.1) is 0 Å². The highest BCUT2D eigenvalue weighted by Crippen LogP contribution is 2.08. The zero-order chi connectivity index (χ0) is 11.1. The fourth-order valence-corrected chi connectivity index (χ4v) is 1.64. The van der Waals surface area contributed by atoms with Crippen LogP contribution < -0.4 is 5.32 Å². The number of carbonyl (C=O) groups is 2. The molecule has 0 saturated carbocycles. The van der Waals surface area contributed by atoms with Gasteiger partial charge in [-0.3, -0.25) is 4.79 Å². The summed E-state index contributed by atoms with van der Waals surface area (Å²) in [6.07, 6.45) is 4.98. The summed E-state index contributed by atoms with van der Waals surface area (Å²) in [4.78, 5) is 22.6. The van der Waals surface area contributed by atoms with Crippen LogP contribution in [0.4, 0.5) is 0 Å². The van der Waals surface area contributed by atoms with E-state index in [2.05, 4.69) is 12.2 Å². The fourth-order valence-electron chi connectivity index (χ4n) is 1.64. The lowest BCUT2D eigenvalue weighted by atomic mass is 10.2. The molecule has 4 heteroatoms. The van der Waals surface area contributed by atoms with Gasteiger partial charge in [0.05, 0.1) is 0 Å². The highest BCUT2D eigenvalue weighted by atomic mass is 16.6. The first-order valence-corrected chi connectivity index (χ1v) is 5.72. The summed E-state index contributed by atoms with van der Waals surface area (Å²) < 4.78 is 4.74. The number of nitrogens with one attached hydrogen (secondary N) is 1. The molecular weight excluding hydrogens is 194 g/mol. The zero-order valence-electron chi connectivity index (χ0n) is 9.25. The molecule has 0 aromatic carbocycles. The minimum Gasteiger partial charge on any atom is -0.392 e. The highest BCUT2D eigenvalue weighted by Gasteiger charge is 2.25. The molecule has 15 heavy (non-hydrogen) atoms. The van der Waals surface area contributed by atoms with E-state index in [0.717, 1.165) is 38.6 Å². The Labute approximate surface area is 90.4 Å². The van der Waals surface area contributed by atoms with Crippen LogP contribution in [0.5, 0.6) is 0 Å². The molecule has 0 aromatic rings. The van der Waals surface area contributed by atoms with E-state index in [9.17, 15) is 9.59 Å². The van der Waals surface area contributed by atoms with Gasteiger partial charge in [0, 0.05) is 6.42 Å². The van der Waals surface area contributed by atoms with Crippen molar-refractivity contribution in [1.82, 2.24) is 5.32 Å². The van der Waals surface area contributed by atoms with Crippen molar-refractivity contribution in [3.63, 3.8) is 0 Å². The second-order valence-corrected chi connectivity index (χ2v) is 3.90. The van der Waals surface area contributed by atoms with Crippen LogP contribution in [0.1, 0.15) is 45.4 Å². The van der Waals surface area contributed by atoms with Crippen molar-refractivity contribution in [2.24, 2.45) is 0 Å². The molecule has 0 aliphatic carbocycles. The Bertz CT molecular complexity index is 222. The molecule has 1 heterocycles. The molecule has 1 rings (SSSR count). The monoisotopic (exact) mass is 213 g/mol. The predicted molar refractivity (Wildman–Crippen MR) is 56.3 cm³/mol. The van der Waals surface area contributed by atoms with Gasteiger partial charge in [0.1, 0.15) is 6.04 Å². The van der Waals surface area contributed by atoms with Crippen molar-refractivity contribution in [2.75, 3.05) is 6.54 Å². The molecule has 1 aliphatic heterocycles. The molecule has 1 saturated heterocycles. The van der Waals surface area contributed by atoms with Crippen molar-refractivity contribution in [2.45, 2.75) is 51.5 Å². The number of hydrogen-bond acceptors (Lipinski definition) is 4. The van der Waals surface area contributed by atoms with Gasteiger partial charge in [0.15, 0.2) is 0 Å². The smallest absolute Gasteiger partial charge is 0.330 e. The first-order valence-electron chi connectivity index (χ1n) is 5.72. The Hall–Kier alpha value is -0.900. The van der Waals surface area contributed by atoms with E-state index < -0.39 is 5.97 Å². The summed E-state index contributed by atoms with van der Waals surface area (Å²) in [5.74, 6) is -0.795. The van der Waals surface area contributed by atoms with E-state index in [0.29, 0.717) is 6.42 Å². The normalized spacial score (nSPS) is 20.2. The molecular formula is C11H19NO3. The maximum atomic E-state index is 11.4. The van der Waals surface area contributed by atoms with E-state index in [-0.39, 0.29) is 12.0 Å². The first kappa shape index (κ1) is 12.2. The SMILES string of the molecule is CCCCCC(=O)OC(=O)[C@@H]1CCCN1. The third-order valence-electron chi connectivity index (χ3n) is 2.54. The van der Waals surface area contributed by atoms with Crippen LogP contribution in [0, 0.1) is 0 Å². The first-order chi connectivity index (χ1) is 7.24. The molecule has 0 radical (unpaired) electrons. The van der Waals surface area contributed by atoms with Gasteiger partial charge >= 0.3 is 11.9 Å². The van der Waals surface area contributed by atoms with Crippen LogP contribution in [0.25, 0.3) is 0 Å². The Morgan fingerprint density at radius 3 is 2.80 bits per heavy atom. The minimum atomic E-state index is -0.408. The van der Waals surface area contributed by atoms with Gasteiger partial charge in [0.2, 0.25) is 0 Å². The molecule has 0 bridgehead atoms. The molecule has 0 spiro atoms. The second kappa shape index (κ2) is 6.56. The average molecular weight is 213 g/mol. The summed E-state index contributed by atoms with van der Waals surface area (Å²) >= 11 is 0. The maximum absolute atomic E-state index is 11.4. The van der Waals surface area contributed by atoms with Crippen molar-refractivity contribution >= 4 is 11.9 Å². The molecule has 0 amide bonds. The van der Waals surface area contributed by atoms with E-state index >= 15 is 0 Å². The summed E-state index contributed by atoms with van der Waals surface area (Å²) in [6.45, 7) is 2.91. The lowest BCUT2D eigenvalue weighted by Gasteiger charge is -2.08. The van der Waals surface area contributed by atoms with Crippen LogP contribution in [-0.2, 0) is 14.3 Å². The number of carbonyl (C=O) groups excluding carboxylic acids is 2. The zero-order valence-corrected chi connectivity index (χ0v) is 9.25. The predicted octanol–water partition coefficient (Wildman–Crippen LogP) is 1.39. The van der Waals surface area contributed by atoms with E-state index in [1.54, 1.807) is 0 Å². The summed E-state index contributed by atoms with van der Waals surface area (Å²) in [6, 6.07) is -0.264. The third kappa shape index (κ3) is 4.42.